The molecule has 1 fully saturated rings. The van der Waals surface area contributed by atoms with Gasteiger partial charge in [0, 0.05) is 17.6 Å². The zero-order valence-corrected chi connectivity index (χ0v) is 16.1. The molecule has 3 rings (SSSR count). The summed E-state index contributed by atoms with van der Waals surface area (Å²) < 4.78 is 33.7. The molecule has 26 heavy (non-hydrogen) atoms. The lowest BCUT2D eigenvalue weighted by molar-refractivity contribution is 0.0695. The molecule has 2 aromatic carbocycles. The minimum atomic E-state index is -3.94. The number of hydrogen-bond acceptors (Lipinski definition) is 5. The van der Waals surface area contributed by atoms with E-state index in [4.69, 9.17) is 4.74 Å². The molecule has 138 valence electrons. The van der Waals surface area contributed by atoms with Crippen LogP contribution >= 0.6 is 15.9 Å². The molecular formula is C17H17BrN2O5S. The van der Waals surface area contributed by atoms with E-state index < -0.39 is 16.0 Å². The minimum Gasteiger partial charge on any atom is -0.478 e. The molecule has 1 heterocycles. The van der Waals surface area contributed by atoms with Crippen molar-refractivity contribution >= 4 is 43.3 Å². The largest absolute Gasteiger partial charge is 0.478 e. The summed E-state index contributed by atoms with van der Waals surface area (Å²) in [6.45, 7) is 2.49. The van der Waals surface area contributed by atoms with Crippen LogP contribution in [0.4, 0.5) is 11.4 Å². The second-order valence-electron chi connectivity index (χ2n) is 5.67. The highest BCUT2D eigenvalue weighted by Crippen LogP contribution is 2.29. The average molecular weight is 441 g/mol. The number of carboxylic acid groups (broad SMARTS) is 1. The molecule has 1 saturated heterocycles. The highest BCUT2D eigenvalue weighted by molar-refractivity contribution is 9.10. The van der Waals surface area contributed by atoms with Crippen molar-refractivity contribution in [3.63, 3.8) is 0 Å². The molecule has 2 N–H and O–H groups in total. The highest BCUT2D eigenvalue weighted by atomic mass is 79.9. The van der Waals surface area contributed by atoms with E-state index in [1.54, 1.807) is 12.1 Å². The maximum Gasteiger partial charge on any atom is 0.336 e. The number of anilines is 2. The van der Waals surface area contributed by atoms with Crippen molar-refractivity contribution in [2.24, 2.45) is 0 Å². The predicted molar refractivity (Wildman–Crippen MR) is 101 cm³/mol. The Hall–Kier alpha value is -2.10. The van der Waals surface area contributed by atoms with Crippen LogP contribution in [0.25, 0.3) is 0 Å². The fourth-order valence-electron chi connectivity index (χ4n) is 2.68. The van der Waals surface area contributed by atoms with Crippen molar-refractivity contribution in [2.45, 2.75) is 4.90 Å². The minimum absolute atomic E-state index is 0.116. The van der Waals surface area contributed by atoms with Crippen molar-refractivity contribution in [1.29, 1.82) is 0 Å². The summed E-state index contributed by atoms with van der Waals surface area (Å²) in [6.07, 6.45) is 0. The van der Waals surface area contributed by atoms with Crippen molar-refractivity contribution in [1.82, 2.24) is 0 Å². The lowest BCUT2D eigenvalue weighted by Crippen LogP contribution is -2.36. The fraction of sp³-hybridized carbons (Fsp3) is 0.235. The maximum absolute atomic E-state index is 12.8. The number of nitrogens with zero attached hydrogens (tertiary/aromatic N) is 1. The van der Waals surface area contributed by atoms with E-state index >= 15 is 0 Å². The summed E-state index contributed by atoms with van der Waals surface area (Å²) in [5.74, 6) is -1.21. The zero-order valence-electron chi connectivity index (χ0n) is 13.7. The number of aromatic carboxylic acids is 1. The van der Waals surface area contributed by atoms with E-state index in [-0.39, 0.29) is 10.5 Å². The number of nitrogens with one attached hydrogen (secondary N) is 1. The number of rotatable bonds is 5. The Balaban J connectivity index is 1.93. The second kappa shape index (κ2) is 7.65. The van der Waals surface area contributed by atoms with Crippen LogP contribution in [0, 0.1) is 0 Å². The fourth-order valence-corrected chi connectivity index (χ4v) is 4.20. The Bertz CT molecular complexity index is 927. The van der Waals surface area contributed by atoms with Gasteiger partial charge in [-0.2, -0.15) is 0 Å². The van der Waals surface area contributed by atoms with Gasteiger partial charge >= 0.3 is 5.97 Å². The molecule has 0 aliphatic carbocycles. The van der Waals surface area contributed by atoms with Gasteiger partial charge in [0.15, 0.2) is 0 Å². The number of carbonyl (C=O) groups is 1. The topological polar surface area (TPSA) is 95.9 Å². The molecule has 1 aliphatic rings. The van der Waals surface area contributed by atoms with Crippen LogP contribution in [0.3, 0.4) is 0 Å². The van der Waals surface area contributed by atoms with Gasteiger partial charge in [-0.05, 0) is 46.3 Å². The number of morpholine rings is 1. The molecule has 0 bridgehead atoms. The number of hydrogen-bond donors (Lipinski definition) is 2. The number of para-hydroxylation sites is 2. The third-order valence-corrected chi connectivity index (χ3v) is 6.03. The van der Waals surface area contributed by atoms with Crippen molar-refractivity contribution < 1.29 is 23.1 Å². The molecule has 0 aromatic heterocycles. The van der Waals surface area contributed by atoms with Gasteiger partial charge in [0.1, 0.15) is 0 Å². The molecule has 9 heteroatoms. The molecule has 0 radical (unpaired) electrons. The predicted octanol–water partition coefficient (Wildman–Crippen LogP) is 2.78. The number of benzene rings is 2. The summed E-state index contributed by atoms with van der Waals surface area (Å²) in [4.78, 5) is 13.2. The SMILES string of the molecule is O=C(O)c1cc(S(=O)(=O)Nc2ccccc2N2CCOCC2)ccc1Br. The van der Waals surface area contributed by atoms with Crippen LogP contribution in [0.5, 0.6) is 0 Å². The first-order valence-corrected chi connectivity index (χ1v) is 10.1. The van der Waals surface area contributed by atoms with E-state index in [0.29, 0.717) is 36.5 Å². The van der Waals surface area contributed by atoms with Crippen LogP contribution < -0.4 is 9.62 Å². The molecule has 2 aromatic rings. The maximum atomic E-state index is 12.8. The summed E-state index contributed by atoms with van der Waals surface area (Å²) in [5.41, 5.74) is 1.08. The van der Waals surface area contributed by atoms with Crippen LogP contribution in [-0.2, 0) is 14.8 Å². The monoisotopic (exact) mass is 440 g/mol. The van der Waals surface area contributed by atoms with Crippen LogP contribution in [0.1, 0.15) is 10.4 Å². The van der Waals surface area contributed by atoms with Gasteiger partial charge < -0.3 is 14.7 Å². The summed E-state index contributed by atoms with van der Waals surface area (Å²) >= 11 is 3.11. The second-order valence-corrected chi connectivity index (χ2v) is 8.21. The summed E-state index contributed by atoms with van der Waals surface area (Å²) in [6, 6.07) is 11.0. The average Bonchev–Trinajstić information content (AvgIpc) is 2.62. The Kier molecular flexibility index (Phi) is 5.49. The van der Waals surface area contributed by atoms with Gasteiger partial charge in [-0.1, -0.05) is 12.1 Å². The van der Waals surface area contributed by atoms with Gasteiger partial charge in [-0.25, -0.2) is 13.2 Å². The molecule has 0 spiro atoms. The summed E-state index contributed by atoms with van der Waals surface area (Å²) in [7, 11) is -3.94. The Morgan fingerprint density at radius 3 is 2.54 bits per heavy atom. The van der Waals surface area contributed by atoms with Gasteiger partial charge in [0.2, 0.25) is 0 Å². The number of sulfonamides is 1. The molecule has 0 saturated carbocycles. The Morgan fingerprint density at radius 1 is 1.15 bits per heavy atom. The van der Waals surface area contributed by atoms with E-state index in [9.17, 15) is 18.3 Å². The summed E-state index contributed by atoms with van der Waals surface area (Å²) in [5, 5.41) is 9.20. The van der Waals surface area contributed by atoms with Gasteiger partial charge in [-0.3, -0.25) is 4.72 Å². The zero-order chi connectivity index (χ0) is 18.7. The van der Waals surface area contributed by atoms with E-state index in [0.717, 1.165) is 11.8 Å². The lowest BCUT2D eigenvalue weighted by atomic mass is 10.2. The first-order valence-electron chi connectivity index (χ1n) is 7.86. The van der Waals surface area contributed by atoms with Crippen molar-refractivity contribution in [2.75, 3.05) is 35.9 Å². The van der Waals surface area contributed by atoms with Gasteiger partial charge in [-0.15, -0.1) is 0 Å². The van der Waals surface area contributed by atoms with Crippen LogP contribution in [0.15, 0.2) is 51.8 Å². The number of carboxylic acids is 1. The van der Waals surface area contributed by atoms with Gasteiger partial charge in [0.05, 0.1) is 35.0 Å². The Labute approximate surface area is 159 Å². The molecule has 0 unspecified atom stereocenters. The van der Waals surface area contributed by atoms with Crippen LogP contribution in [-0.4, -0.2) is 45.8 Å². The highest BCUT2D eigenvalue weighted by Gasteiger charge is 2.21. The van der Waals surface area contributed by atoms with Crippen molar-refractivity contribution in [3.05, 3.63) is 52.5 Å². The third kappa shape index (κ3) is 4.00. The van der Waals surface area contributed by atoms with Crippen LogP contribution in [0.2, 0.25) is 0 Å². The van der Waals surface area contributed by atoms with E-state index in [2.05, 4.69) is 20.7 Å². The first kappa shape index (κ1) is 18.7. The molecular weight excluding hydrogens is 424 g/mol. The normalized spacial score (nSPS) is 14.9. The van der Waals surface area contributed by atoms with Crippen molar-refractivity contribution in [3.8, 4) is 0 Å². The van der Waals surface area contributed by atoms with Gasteiger partial charge in [0.25, 0.3) is 10.0 Å². The smallest absolute Gasteiger partial charge is 0.336 e. The number of halogens is 1. The molecule has 7 nitrogen and oxygen atoms in total. The Morgan fingerprint density at radius 2 is 1.85 bits per heavy atom. The van der Waals surface area contributed by atoms with E-state index in [1.807, 2.05) is 17.0 Å². The number of ether oxygens (including phenoxy) is 1. The molecule has 1 aliphatic heterocycles. The lowest BCUT2D eigenvalue weighted by Gasteiger charge is -2.30. The molecule has 0 amide bonds. The quantitative estimate of drug-likeness (QED) is 0.741. The van der Waals surface area contributed by atoms with E-state index in [1.165, 1.54) is 12.1 Å². The third-order valence-electron chi connectivity index (χ3n) is 3.98. The molecule has 0 atom stereocenters. The standard InChI is InChI=1S/C17H17BrN2O5S/c18-14-6-5-12(11-13(14)17(21)22)26(23,24)19-15-3-1-2-4-16(15)20-7-9-25-10-8-20/h1-6,11,19H,7-10H2,(H,21,22). The first-order chi connectivity index (χ1) is 12.4.